The van der Waals surface area contributed by atoms with E-state index in [4.69, 9.17) is 4.74 Å². The molecule has 1 aromatic heterocycles. The maximum atomic E-state index is 12.1. The first kappa shape index (κ1) is 16.8. The molecule has 2 aromatic rings. The van der Waals surface area contributed by atoms with E-state index in [-0.39, 0.29) is 17.9 Å². The molecule has 0 unspecified atom stereocenters. The van der Waals surface area contributed by atoms with Gasteiger partial charge >= 0.3 is 0 Å². The second-order valence-corrected chi connectivity index (χ2v) is 5.73. The number of nitrogens with one attached hydrogen (secondary N) is 1. The van der Waals surface area contributed by atoms with Gasteiger partial charge in [-0.3, -0.25) is 9.59 Å². The van der Waals surface area contributed by atoms with Crippen molar-refractivity contribution in [2.75, 3.05) is 11.9 Å². The summed E-state index contributed by atoms with van der Waals surface area (Å²) >= 11 is 0. The average molecular weight is 314 g/mol. The van der Waals surface area contributed by atoms with Crippen LogP contribution < -0.4 is 15.6 Å². The smallest absolute Gasteiger partial charge is 0.250 e. The highest BCUT2D eigenvalue weighted by molar-refractivity contribution is 5.92. The first-order valence-corrected chi connectivity index (χ1v) is 7.73. The van der Waals surface area contributed by atoms with E-state index in [9.17, 15) is 9.59 Å². The average Bonchev–Trinajstić information content (AvgIpc) is 2.53. The molecule has 23 heavy (non-hydrogen) atoms. The molecule has 0 aliphatic carbocycles. The van der Waals surface area contributed by atoms with E-state index < -0.39 is 0 Å². The zero-order valence-corrected chi connectivity index (χ0v) is 13.5. The second-order valence-electron chi connectivity index (χ2n) is 5.73. The number of carbonyl (C=O) groups is 1. The van der Waals surface area contributed by atoms with Crippen molar-refractivity contribution in [3.63, 3.8) is 0 Å². The number of carbonyl (C=O) groups excluding carboxylic acids is 1. The molecule has 0 fully saturated rings. The van der Waals surface area contributed by atoms with Gasteiger partial charge in [0, 0.05) is 25.2 Å². The largest absolute Gasteiger partial charge is 0.491 e. The number of aromatic nitrogens is 1. The Bertz CT molecular complexity index is 707. The minimum Gasteiger partial charge on any atom is -0.491 e. The number of hydrogen-bond acceptors (Lipinski definition) is 3. The molecule has 0 aliphatic heterocycles. The number of rotatable bonds is 7. The van der Waals surface area contributed by atoms with Gasteiger partial charge in [-0.25, -0.2) is 0 Å². The number of para-hydroxylation sites is 2. The molecule has 0 saturated heterocycles. The zero-order valence-electron chi connectivity index (χ0n) is 13.5. The van der Waals surface area contributed by atoms with Crippen LogP contribution in [0.5, 0.6) is 5.75 Å². The highest BCUT2D eigenvalue weighted by Gasteiger charge is 2.08. The van der Waals surface area contributed by atoms with Crippen molar-refractivity contribution in [2.24, 2.45) is 5.92 Å². The van der Waals surface area contributed by atoms with Gasteiger partial charge in [0.05, 0.1) is 12.3 Å². The lowest BCUT2D eigenvalue weighted by molar-refractivity contribution is -0.116. The number of pyridine rings is 1. The van der Waals surface area contributed by atoms with E-state index in [2.05, 4.69) is 19.2 Å². The molecule has 1 N–H and O–H groups in total. The van der Waals surface area contributed by atoms with E-state index in [1.54, 1.807) is 18.3 Å². The number of amides is 1. The molecule has 0 atom stereocenters. The summed E-state index contributed by atoms with van der Waals surface area (Å²) in [6.45, 7) is 5.07. The molecule has 1 aromatic carbocycles. The molecule has 1 heterocycles. The van der Waals surface area contributed by atoms with E-state index in [1.165, 1.54) is 10.6 Å². The molecule has 0 aliphatic rings. The van der Waals surface area contributed by atoms with Gasteiger partial charge in [0.25, 0.3) is 5.56 Å². The van der Waals surface area contributed by atoms with Gasteiger partial charge in [-0.2, -0.15) is 0 Å². The van der Waals surface area contributed by atoms with Crippen molar-refractivity contribution in [2.45, 2.75) is 26.8 Å². The third-order valence-electron chi connectivity index (χ3n) is 3.21. The van der Waals surface area contributed by atoms with Crippen molar-refractivity contribution in [1.82, 2.24) is 4.57 Å². The predicted octanol–water partition coefficient (Wildman–Crippen LogP) is 2.91. The first-order chi connectivity index (χ1) is 11.1. The Morgan fingerprint density at radius 1 is 1.17 bits per heavy atom. The molecule has 0 spiro atoms. The second kappa shape index (κ2) is 8.17. The van der Waals surface area contributed by atoms with Crippen LogP contribution in [0.1, 0.15) is 20.3 Å². The number of hydrogen-bond donors (Lipinski definition) is 1. The third-order valence-corrected chi connectivity index (χ3v) is 3.21. The van der Waals surface area contributed by atoms with Crippen LogP contribution in [0.25, 0.3) is 0 Å². The summed E-state index contributed by atoms with van der Waals surface area (Å²) in [7, 11) is 0. The fourth-order valence-corrected chi connectivity index (χ4v) is 2.03. The summed E-state index contributed by atoms with van der Waals surface area (Å²) in [5, 5.41) is 2.84. The summed E-state index contributed by atoms with van der Waals surface area (Å²) < 4.78 is 7.23. The molecule has 1 amide bonds. The number of anilines is 1. The van der Waals surface area contributed by atoms with Gasteiger partial charge < -0.3 is 14.6 Å². The Morgan fingerprint density at radius 2 is 1.91 bits per heavy atom. The quantitative estimate of drug-likeness (QED) is 0.855. The summed E-state index contributed by atoms with van der Waals surface area (Å²) in [5.74, 6) is 0.913. The van der Waals surface area contributed by atoms with E-state index in [0.29, 0.717) is 30.5 Å². The maximum Gasteiger partial charge on any atom is 0.250 e. The van der Waals surface area contributed by atoms with Crippen LogP contribution in [0.3, 0.4) is 0 Å². The summed E-state index contributed by atoms with van der Waals surface area (Å²) in [6.07, 6.45) is 1.90. The van der Waals surface area contributed by atoms with Gasteiger partial charge in [-0.1, -0.05) is 32.0 Å². The molecule has 0 saturated carbocycles. The lowest BCUT2D eigenvalue weighted by Crippen LogP contribution is -2.22. The van der Waals surface area contributed by atoms with Gasteiger partial charge in [0.1, 0.15) is 5.75 Å². The highest BCUT2D eigenvalue weighted by Crippen LogP contribution is 2.24. The van der Waals surface area contributed by atoms with Gasteiger partial charge in [0.2, 0.25) is 5.91 Å². The Hall–Kier alpha value is -2.56. The van der Waals surface area contributed by atoms with Crippen molar-refractivity contribution < 1.29 is 9.53 Å². The van der Waals surface area contributed by atoms with E-state index in [1.807, 2.05) is 24.3 Å². The molecular weight excluding hydrogens is 292 g/mol. The van der Waals surface area contributed by atoms with Crippen LogP contribution in [-0.2, 0) is 11.3 Å². The van der Waals surface area contributed by atoms with Crippen molar-refractivity contribution >= 4 is 11.6 Å². The van der Waals surface area contributed by atoms with Crippen LogP contribution in [0, 0.1) is 5.92 Å². The highest BCUT2D eigenvalue weighted by atomic mass is 16.5. The summed E-state index contributed by atoms with van der Waals surface area (Å²) in [4.78, 5) is 23.7. The van der Waals surface area contributed by atoms with E-state index in [0.717, 1.165) is 0 Å². The summed E-state index contributed by atoms with van der Waals surface area (Å²) in [6, 6.07) is 12.3. The number of benzene rings is 1. The maximum absolute atomic E-state index is 12.1. The minimum absolute atomic E-state index is 0.110. The number of aryl methyl sites for hydroxylation is 1. The lowest BCUT2D eigenvalue weighted by Gasteiger charge is -2.14. The van der Waals surface area contributed by atoms with Crippen LogP contribution in [0.4, 0.5) is 5.69 Å². The standard InChI is InChI=1S/C18H22N2O3/c1-14(2)13-23-16-8-4-3-7-15(16)19-17(21)10-12-20-11-6-5-9-18(20)22/h3-9,11,14H,10,12-13H2,1-2H3,(H,19,21). The molecule has 122 valence electrons. The van der Waals surface area contributed by atoms with Crippen molar-refractivity contribution in [3.05, 3.63) is 59.0 Å². The van der Waals surface area contributed by atoms with Crippen molar-refractivity contribution in [1.29, 1.82) is 0 Å². The molecule has 5 nitrogen and oxygen atoms in total. The molecule has 5 heteroatoms. The first-order valence-electron chi connectivity index (χ1n) is 7.73. The number of ether oxygens (including phenoxy) is 1. The molecule has 0 bridgehead atoms. The normalized spacial score (nSPS) is 10.6. The Morgan fingerprint density at radius 3 is 2.65 bits per heavy atom. The van der Waals surface area contributed by atoms with Crippen molar-refractivity contribution in [3.8, 4) is 5.75 Å². The lowest BCUT2D eigenvalue weighted by atomic mass is 10.2. The van der Waals surface area contributed by atoms with Crippen LogP contribution in [-0.4, -0.2) is 17.1 Å². The van der Waals surface area contributed by atoms with Gasteiger partial charge in [0.15, 0.2) is 0 Å². The molecule has 0 radical (unpaired) electrons. The SMILES string of the molecule is CC(C)COc1ccccc1NC(=O)CCn1ccccc1=O. The molecular formula is C18H22N2O3. The fourth-order valence-electron chi connectivity index (χ4n) is 2.03. The van der Waals surface area contributed by atoms with Crippen LogP contribution in [0.2, 0.25) is 0 Å². The topological polar surface area (TPSA) is 60.3 Å². The monoisotopic (exact) mass is 314 g/mol. The van der Waals surface area contributed by atoms with E-state index >= 15 is 0 Å². The number of nitrogens with zero attached hydrogens (tertiary/aromatic N) is 1. The fraction of sp³-hybridized carbons (Fsp3) is 0.333. The third kappa shape index (κ3) is 5.29. The summed E-state index contributed by atoms with van der Waals surface area (Å²) in [5.41, 5.74) is 0.541. The van der Waals surface area contributed by atoms with Gasteiger partial charge in [-0.15, -0.1) is 0 Å². The minimum atomic E-state index is -0.152. The zero-order chi connectivity index (χ0) is 16.7. The Labute approximate surface area is 135 Å². The van der Waals surface area contributed by atoms with Crippen LogP contribution in [0.15, 0.2) is 53.5 Å². The molecule has 2 rings (SSSR count). The Balaban J connectivity index is 1.95. The Kier molecular flexibility index (Phi) is 5.97. The predicted molar refractivity (Wildman–Crippen MR) is 90.7 cm³/mol. The van der Waals surface area contributed by atoms with Crippen LogP contribution >= 0.6 is 0 Å². The van der Waals surface area contributed by atoms with Gasteiger partial charge in [-0.05, 0) is 24.1 Å².